The van der Waals surface area contributed by atoms with Crippen molar-refractivity contribution in [3.63, 3.8) is 0 Å². The lowest BCUT2D eigenvalue weighted by Gasteiger charge is -2.35. The molecular weight excluding hydrogens is 262 g/mol. The minimum Gasteiger partial charge on any atom is -0.313 e. The smallest absolute Gasteiger partial charge is 0.0406 e. The maximum absolute atomic E-state index is 5.88. The van der Waals surface area contributed by atoms with E-state index in [1.54, 1.807) is 0 Å². The summed E-state index contributed by atoms with van der Waals surface area (Å²) in [7, 11) is 0. The molecule has 0 amide bonds. The molecule has 1 atom stereocenters. The second-order valence-corrected chi connectivity index (χ2v) is 7.38. The van der Waals surface area contributed by atoms with Gasteiger partial charge in [-0.2, -0.15) is 11.8 Å². The van der Waals surface area contributed by atoms with E-state index in [-0.39, 0.29) is 0 Å². The number of hydrogen-bond acceptors (Lipinski definition) is 2. The average Bonchev–Trinajstić information content (AvgIpc) is 2.30. The van der Waals surface area contributed by atoms with Crippen LogP contribution in [-0.4, -0.2) is 24.1 Å². The van der Waals surface area contributed by atoms with Crippen LogP contribution in [0.5, 0.6) is 0 Å². The first kappa shape index (κ1) is 14.2. The van der Waals surface area contributed by atoms with Crippen LogP contribution in [0.2, 0.25) is 5.02 Å². The Balaban J connectivity index is 1.73. The maximum Gasteiger partial charge on any atom is 0.0406 e. The molecule has 1 saturated heterocycles. The molecule has 0 saturated carbocycles. The Labute approximate surface area is 120 Å². The predicted molar refractivity (Wildman–Crippen MR) is 82.7 cm³/mol. The Morgan fingerprint density at radius 3 is 2.72 bits per heavy atom. The van der Waals surface area contributed by atoms with Gasteiger partial charge in [0, 0.05) is 16.8 Å². The Morgan fingerprint density at radius 2 is 2.06 bits per heavy atom. The SMILES string of the molecule is CC1(C)CSCC(NCCc2ccc(Cl)cc2)C1. The van der Waals surface area contributed by atoms with Crippen LogP contribution in [0.4, 0.5) is 0 Å². The first-order valence-corrected chi connectivity index (χ1v) is 8.14. The Kier molecular flexibility index (Phi) is 4.99. The van der Waals surface area contributed by atoms with Crippen LogP contribution in [0, 0.1) is 5.41 Å². The maximum atomic E-state index is 5.88. The van der Waals surface area contributed by atoms with Gasteiger partial charge in [-0.05, 0) is 48.3 Å². The van der Waals surface area contributed by atoms with Crippen molar-refractivity contribution in [1.82, 2.24) is 5.32 Å². The highest BCUT2D eigenvalue weighted by atomic mass is 35.5. The van der Waals surface area contributed by atoms with Gasteiger partial charge < -0.3 is 5.32 Å². The molecule has 100 valence electrons. The lowest BCUT2D eigenvalue weighted by Crippen LogP contribution is -2.41. The molecule has 1 unspecified atom stereocenters. The number of rotatable bonds is 4. The summed E-state index contributed by atoms with van der Waals surface area (Å²) < 4.78 is 0. The van der Waals surface area contributed by atoms with Crippen molar-refractivity contribution < 1.29 is 0 Å². The van der Waals surface area contributed by atoms with Crippen LogP contribution in [0.1, 0.15) is 25.8 Å². The van der Waals surface area contributed by atoms with Gasteiger partial charge in [0.05, 0.1) is 0 Å². The van der Waals surface area contributed by atoms with E-state index in [2.05, 4.69) is 43.1 Å². The van der Waals surface area contributed by atoms with E-state index >= 15 is 0 Å². The first-order chi connectivity index (χ1) is 8.55. The third-order valence-electron chi connectivity index (χ3n) is 3.37. The second kappa shape index (κ2) is 6.31. The van der Waals surface area contributed by atoms with Crippen molar-refractivity contribution >= 4 is 23.4 Å². The molecule has 1 nitrogen and oxygen atoms in total. The highest BCUT2D eigenvalue weighted by Crippen LogP contribution is 2.33. The molecule has 1 aliphatic rings. The lowest BCUT2D eigenvalue weighted by atomic mass is 9.88. The lowest BCUT2D eigenvalue weighted by molar-refractivity contribution is 0.319. The van der Waals surface area contributed by atoms with Crippen molar-refractivity contribution in [2.45, 2.75) is 32.7 Å². The number of thioether (sulfide) groups is 1. The van der Waals surface area contributed by atoms with Gasteiger partial charge in [-0.3, -0.25) is 0 Å². The van der Waals surface area contributed by atoms with Crippen molar-refractivity contribution in [2.24, 2.45) is 5.41 Å². The van der Waals surface area contributed by atoms with Crippen LogP contribution in [0.15, 0.2) is 24.3 Å². The summed E-state index contributed by atoms with van der Waals surface area (Å²) in [5.41, 5.74) is 1.84. The molecule has 1 heterocycles. The van der Waals surface area contributed by atoms with Gasteiger partial charge in [0.25, 0.3) is 0 Å². The van der Waals surface area contributed by atoms with Gasteiger partial charge in [0.2, 0.25) is 0 Å². The van der Waals surface area contributed by atoms with Crippen LogP contribution in [0.25, 0.3) is 0 Å². The number of halogens is 1. The molecule has 1 aromatic rings. The molecule has 1 aromatic carbocycles. The molecule has 2 rings (SSSR count). The quantitative estimate of drug-likeness (QED) is 0.896. The predicted octanol–water partition coefficient (Wildman–Crippen LogP) is 4.00. The molecule has 0 spiro atoms. The van der Waals surface area contributed by atoms with Crippen LogP contribution < -0.4 is 5.32 Å². The van der Waals surface area contributed by atoms with Gasteiger partial charge in [-0.25, -0.2) is 0 Å². The van der Waals surface area contributed by atoms with Crippen LogP contribution in [0.3, 0.4) is 0 Å². The summed E-state index contributed by atoms with van der Waals surface area (Å²) in [5, 5.41) is 4.50. The molecule has 1 aliphatic heterocycles. The van der Waals surface area contributed by atoms with Gasteiger partial charge in [0.1, 0.15) is 0 Å². The fraction of sp³-hybridized carbons (Fsp3) is 0.600. The van der Waals surface area contributed by atoms with Gasteiger partial charge in [0.15, 0.2) is 0 Å². The fourth-order valence-electron chi connectivity index (χ4n) is 2.47. The molecule has 18 heavy (non-hydrogen) atoms. The molecule has 0 bridgehead atoms. The number of benzene rings is 1. The zero-order chi connectivity index (χ0) is 13.0. The molecular formula is C15H22ClNS. The minimum absolute atomic E-state index is 0.487. The standard InChI is InChI=1S/C15H22ClNS/c1-15(2)9-14(10-18-11-15)17-8-7-12-3-5-13(16)6-4-12/h3-6,14,17H,7-11H2,1-2H3. The van der Waals surface area contributed by atoms with Crippen molar-refractivity contribution in [2.75, 3.05) is 18.1 Å². The summed E-state index contributed by atoms with van der Waals surface area (Å²) in [6, 6.07) is 8.84. The van der Waals surface area contributed by atoms with E-state index in [4.69, 9.17) is 11.6 Å². The Morgan fingerprint density at radius 1 is 1.33 bits per heavy atom. The van der Waals surface area contributed by atoms with E-state index in [1.807, 2.05) is 12.1 Å². The first-order valence-electron chi connectivity index (χ1n) is 6.61. The highest BCUT2D eigenvalue weighted by molar-refractivity contribution is 7.99. The highest BCUT2D eigenvalue weighted by Gasteiger charge is 2.27. The van der Waals surface area contributed by atoms with E-state index < -0.39 is 0 Å². The fourth-order valence-corrected chi connectivity index (χ4v) is 3.90. The summed E-state index contributed by atoms with van der Waals surface area (Å²) in [5.74, 6) is 2.55. The van der Waals surface area contributed by atoms with E-state index in [0.717, 1.165) is 18.0 Å². The van der Waals surface area contributed by atoms with Crippen molar-refractivity contribution in [3.05, 3.63) is 34.9 Å². The summed E-state index contributed by atoms with van der Waals surface area (Å²) in [6.45, 7) is 5.79. The molecule has 1 fully saturated rings. The van der Waals surface area contributed by atoms with E-state index in [0.29, 0.717) is 11.5 Å². The summed E-state index contributed by atoms with van der Waals surface area (Å²) in [6.07, 6.45) is 2.37. The molecule has 1 N–H and O–H groups in total. The summed E-state index contributed by atoms with van der Waals surface area (Å²) >= 11 is 7.96. The van der Waals surface area contributed by atoms with Crippen molar-refractivity contribution in [1.29, 1.82) is 0 Å². The summed E-state index contributed by atoms with van der Waals surface area (Å²) in [4.78, 5) is 0. The molecule has 0 aromatic heterocycles. The second-order valence-electron chi connectivity index (χ2n) is 5.91. The normalized spacial score (nSPS) is 22.9. The average molecular weight is 284 g/mol. The number of nitrogens with one attached hydrogen (secondary N) is 1. The Bertz CT molecular complexity index is 375. The number of hydrogen-bond donors (Lipinski definition) is 1. The van der Waals surface area contributed by atoms with Gasteiger partial charge in [-0.15, -0.1) is 0 Å². The topological polar surface area (TPSA) is 12.0 Å². The Hall–Kier alpha value is -0.180. The van der Waals surface area contributed by atoms with Gasteiger partial charge in [-0.1, -0.05) is 37.6 Å². The molecule has 0 aliphatic carbocycles. The third-order valence-corrected chi connectivity index (χ3v) is 5.25. The minimum atomic E-state index is 0.487. The van der Waals surface area contributed by atoms with Gasteiger partial charge >= 0.3 is 0 Å². The van der Waals surface area contributed by atoms with E-state index in [1.165, 1.54) is 23.5 Å². The molecule has 0 radical (unpaired) electrons. The zero-order valence-electron chi connectivity index (χ0n) is 11.2. The molecule has 3 heteroatoms. The monoisotopic (exact) mass is 283 g/mol. The van der Waals surface area contributed by atoms with E-state index in [9.17, 15) is 0 Å². The third kappa shape index (κ3) is 4.49. The van der Waals surface area contributed by atoms with Crippen LogP contribution in [-0.2, 0) is 6.42 Å². The largest absolute Gasteiger partial charge is 0.313 e. The van der Waals surface area contributed by atoms with Crippen LogP contribution >= 0.6 is 23.4 Å². The van der Waals surface area contributed by atoms with Crippen molar-refractivity contribution in [3.8, 4) is 0 Å². The zero-order valence-corrected chi connectivity index (χ0v) is 12.8.